The predicted octanol–water partition coefficient (Wildman–Crippen LogP) is 6.10. The van der Waals surface area contributed by atoms with Gasteiger partial charge in [0.1, 0.15) is 5.82 Å². The van der Waals surface area contributed by atoms with Crippen LogP contribution in [-0.4, -0.2) is 55.9 Å². The molecule has 11 heteroatoms. The molecule has 1 aliphatic rings. The number of carbonyl (C=O) groups is 2. The Balaban J connectivity index is 1.52. The number of halogens is 2. The van der Waals surface area contributed by atoms with Crippen LogP contribution in [0.1, 0.15) is 12.0 Å². The lowest BCUT2D eigenvalue weighted by molar-refractivity contribution is -0.122. The Bertz CT molecular complexity index is 1420. The van der Waals surface area contributed by atoms with E-state index < -0.39 is 5.91 Å². The Morgan fingerprint density at radius 2 is 1.88 bits per heavy atom. The molecule has 1 fully saturated rings. The molecule has 208 valence electrons. The normalized spacial score (nSPS) is 15.1. The zero-order valence-corrected chi connectivity index (χ0v) is 24.8. The molecule has 0 bridgehead atoms. The highest BCUT2D eigenvalue weighted by Gasteiger charge is 2.33. The molecule has 0 spiro atoms. The fourth-order valence-electron chi connectivity index (χ4n) is 3.75. The number of rotatable bonds is 11. The smallest absolute Gasteiger partial charge is 0.266 e. The van der Waals surface area contributed by atoms with Gasteiger partial charge < -0.3 is 19.5 Å². The first-order valence-electron chi connectivity index (χ1n) is 12.3. The summed E-state index contributed by atoms with van der Waals surface area (Å²) in [6.07, 6.45) is 2.47. The Hall–Kier alpha value is -3.42. The van der Waals surface area contributed by atoms with Gasteiger partial charge in [-0.3, -0.25) is 14.5 Å². The maximum absolute atomic E-state index is 13.3. The minimum atomic E-state index is -0.401. The number of hydrogen-bond donors (Lipinski definition) is 1. The Kier molecular flexibility index (Phi) is 10.6. The molecule has 1 N–H and O–H groups in total. The Morgan fingerprint density at radius 1 is 1.12 bits per heavy atom. The second-order valence-corrected chi connectivity index (χ2v) is 10.7. The second-order valence-electron chi connectivity index (χ2n) is 8.52. The van der Waals surface area contributed by atoms with Gasteiger partial charge in [-0.1, -0.05) is 18.2 Å². The maximum atomic E-state index is 13.3. The minimum absolute atomic E-state index is 0.137. The standard InChI is InChI=1S/C29H27FIN3O5S/c1-37-14-6-13-34-28(36)25(40-29(34)33-21-7-4-3-5-8-21)17-19-15-23(31)27(24(16-19)38-2)39-18-26(35)32-22-11-9-20(30)10-12-22/h3-5,7-12,15-17H,6,13-14,18H2,1-2H3,(H,32,35)/b25-17-,33-29?. The Labute approximate surface area is 249 Å². The van der Waals surface area contributed by atoms with Crippen molar-refractivity contribution < 1.29 is 28.2 Å². The number of nitrogens with one attached hydrogen (secondary N) is 1. The van der Waals surface area contributed by atoms with E-state index in [-0.39, 0.29) is 18.3 Å². The van der Waals surface area contributed by atoms with Crippen molar-refractivity contribution in [2.45, 2.75) is 6.42 Å². The summed E-state index contributed by atoms with van der Waals surface area (Å²) >= 11 is 3.41. The van der Waals surface area contributed by atoms with Crippen LogP contribution in [0.25, 0.3) is 6.08 Å². The number of anilines is 1. The van der Waals surface area contributed by atoms with E-state index in [0.717, 1.165) is 11.3 Å². The third kappa shape index (κ3) is 7.83. The molecular weight excluding hydrogens is 648 g/mol. The molecule has 1 heterocycles. The number of benzene rings is 3. The fraction of sp³-hybridized carbons (Fsp3) is 0.207. The highest BCUT2D eigenvalue weighted by molar-refractivity contribution is 14.1. The second kappa shape index (κ2) is 14.3. The molecule has 0 atom stereocenters. The molecule has 3 aromatic carbocycles. The maximum Gasteiger partial charge on any atom is 0.266 e. The van der Waals surface area contributed by atoms with Crippen LogP contribution < -0.4 is 14.8 Å². The molecule has 2 amide bonds. The monoisotopic (exact) mass is 675 g/mol. The Morgan fingerprint density at radius 3 is 2.58 bits per heavy atom. The summed E-state index contributed by atoms with van der Waals surface area (Å²) < 4.78 is 30.3. The van der Waals surface area contributed by atoms with E-state index in [1.165, 1.54) is 43.1 Å². The van der Waals surface area contributed by atoms with Gasteiger partial charge in [0.15, 0.2) is 23.3 Å². The zero-order valence-electron chi connectivity index (χ0n) is 21.9. The molecule has 0 unspecified atom stereocenters. The van der Waals surface area contributed by atoms with E-state index in [4.69, 9.17) is 19.2 Å². The summed E-state index contributed by atoms with van der Waals surface area (Å²) in [7, 11) is 3.14. The summed E-state index contributed by atoms with van der Waals surface area (Å²) in [4.78, 5) is 32.6. The summed E-state index contributed by atoms with van der Waals surface area (Å²) in [5, 5.41) is 3.26. The molecule has 40 heavy (non-hydrogen) atoms. The van der Waals surface area contributed by atoms with Crippen LogP contribution in [0.4, 0.5) is 15.8 Å². The zero-order chi connectivity index (χ0) is 28.5. The molecule has 0 aromatic heterocycles. The molecular formula is C29H27FIN3O5S. The largest absolute Gasteiger partial charge is 0.493 e. The summed E-state index contributed by atoms with van der Waals surface area (Å²) in [5.41, 5.74) is 1.96. The van der Waals surface area contributed by atoms with Crippen LogP contribution in [0.5, 0.6) is 11.5 Å². The highest BCUT2D eigenvalue weighted by Crippen LogP contribution is 2.38. The van der Waals surface area contributed by atoms with E-state index in [1.54, 1.807) is 24.2 Å². The number of thioether (sulfide) groups is 1. The third-order valence-electron chi connectivity index (χ3n) is 5.62. The summed E-state index contributed by atoms with van der Waals surface area (Å²) in [6, 6.07) is 18.5. The van der Waals surface area contributed by atoms with Gasteiger partial charge in [-0.15, -0.1) is 0 Å². The van der Waals surface area contributed by atoms with E-state index in [0.29, 0.717) is 50.4 Å². The number of methoxy groups -OCH3 is 2. The molecule has 3 aromatic rings. The lowest BCUT2D eigenvalue weighted by Crippen LogP contribution is -2.30. The van der Waals surface area contributed by atoms with Crippen molar-refractivity contribution in [1.82, 2.24) is 4.90 Å². The quantitative estimate of drug-likeness (QED) is 0.150. The number of hydrogen-bond acceptors (Lipinski definition) is 7. The molecule has 1 aliphatic heterocycles. The van der Waals surface area contributed by atoms with Crippen molar-refractivity contribution in [2.75, 3.05) is 39.3 Å². The van der Waals surface area contributed by atoms with Crippen molar-refractivity contribution in [3.05, 3.63) is 86.6 Å². The average molecular weight is 676 g/mol. The van der Waals surface area contributed by atoms with Crippen LogP contribution in [0.3, 0.4) is 0 Å². The number of amidine groups is 1. The van der Waals surface area contributed by atoms with Gasteiger partial charge in [0.2, 0.25) is 0 Å². The molecule has 4 rings (SSSR count). The van der Waals surface area contributed by atoms with Crippen molar-refractivity contribution >= 4 is 68.8 Å². The first-order valence-corrected chi connectivity index (χ1v) is 14.2. The number of amides is 2. The van der Waals surface area contributed by atoms with Crippen LogP contribution in [0.15, 0.2) is 76.6 Å². The van der Waals surface area contributed by atoms with Crippen molar-refractivity contribution in [3.63, 3.8) is 0 Å². The molecule has 0 aliphatic carbocycles. The number of carbonyl (C=O) groups excluding carboxylic acids is 2. The average Bonchev–Trinajstić information content (AvgIpc) is 3.23. The van der Waals surface area contributed by atoms with Crippen LogP contribution in [-0.2, 0) is 14.3 Å². The van der Waals surface area contributed by atoms with Crippen LogP contribution in [0, 0.1) is 9.39 Å². The van der Waals surface area contributed by atoms with Gasteiger partial charge in [-0.2, -0.15) is 0 Å². The van der Waals surface area contributed by atoms with E-state index in [9.17, 15) is 14.0 Å². The van der Waals surface area contributed by atoms with Crippen molar-refractivity contribution in [3.8, 4) is 11.5 Å². The fourth-order valence-corrected chi connectivity index (χ4v) is 5.56. The van der Waals surface area contributed by atoms with Gasteiger partial charge in [-0.25, -0.2) is 9.38 Å². The molecule has 8 nitrogen and oxygen atoms in total. The van der Waals surface area contributed by atoms with Gasteiger partial charge in [0.05, 0.1) is 21.3 Å². The summed E-state index contributed by atoms with van der Waals surface area (Å²) in [5.74, 6) is -0.110. The van der Waals surface area contributed by atoms with E-state index in [1.807, 2.05) is 36.4 Å². The van der Waals surface area contributed by atoms with Crippen molar-refractivity contribution in [1.29, 1.82) is 0 Å². The first kappa shape index (κ1) is 29.6. The van der Waals surface area contributed by atoms with E-state index >= 15 is 0 Å². The van der Waals surface area contributed by atoms with E-state index in [2.05, 4.69) is 27.9 Å². The SMILES string of the molecule is COCCCN1C(=O)/C(=C/c2cc(I)c(OCC(=O)Nc3ccc(F)cc3)c(OC)c2)SC1=Nc1ccccc1. The molecule has 0 radical (unpaired) electrons. The summed E-state index contributed by atoms with van der Waals surface area (Å²) in [6.45, 7) is 0.745. The lowest BCUT2D eigenvalue weighted by Gasteiger charge is -2.15. The highest BCUT2D eigenvalue weighted by atomic mass is 127. The number of para-hydroxylation sites is 1. The topological polar surface area (TPSA) is 89.5 Å². The number of nitrogens with zero attached hydrogens (tertiary/aromatic N) is 2. The lowest BCUT2D eigenvalue weighted by atomic mass is 10.2. The van der Waals surface area contributed by atoms with Gasteiger partial charge >= 0.3 is 0 Å². The van der Waals surface area contributed by atoms with Gasteiger partial charge in [0.25, 0.3) is 11.8 Å². The molecule has 0 saturated carbocycles. The number of ether oxygens (including phenoxy) is 3. The molecule has 1 saturated heterocycles. The predicted molar refractivity (Wildman–Crippen MR) is 164 cm³/mol. The van der Waals surface area contributed by atoms with Crippen molar-refractivity contribution in [2.24, 2.45) is 4.99 Å². The van der Waals surface area contributed by atoms with Gasteiger partial charge in [-0.05, 0) is 101 Å². The minimum Gasteiger partial charge on any atom is -0.493 e. The first-order chi connectivity index (χ1) is 19.4. The third-order valence-corrected chi connectivity index (χ3v) is 7.43. The van der Waals surface area contributed by atoms with Crippen LogP contribution >= 0.6 is 34.4 Å². The number of aliphatic imine (C=N–C) groups is 1. The van der Waals surface area contributed by atoms with Crippen LogP contribution in [0.2, 0.25) is 0 Å². The van der Waals surface area contributed by atoms with Gasteiger partial charge in [0, 0.05) is 25.9 Å².